The van der Waals surface area contributed by atoms with E-state index in [4.69, 9.17) is 9.47 Å². The fraction of sp³-hybridized carbons (Fsp3) is 0.769. The van der Waals surface area contributed by atoms with Crippen molar-refractivity contribution in [3.63, 3.8) is 0 Å². The van der Waals surface area contributed by atoms with Crippen molar-refractivity contribution < 1.29 is 29.6 Å². The quantitative estimate of drug-likeness (QED) is 0.148. The van der Waals surface area contributed by atoms with E-state index in [1.807, 2.05) is 0 Å². The lowest BCUT2D eigenvalue weighted by Gasteiger charge is -2.17. The van der Waals surface area contributed by atoms with Crippen LogP contribution in [0.25, 0.3) is 0 Å². The molecule has 194 valence electrons. The zero-order valence-corrected chi connectivity index (χ0v) is 21.6. The van der Waals surface area contributed by atoms with Crippen LogP contribution in [0, 0.1) is 0 Å². The first-order valence-corrected chi connectivity index (χ1v) is 13.7. The van der Waals surface area contributed by atoms with Gasteiger partial charge in [0.2, 0.25) is 0 Å². The largest absolute Gasteiger partial charge is 0.494 e. The van der Waals surface area contributed by atoms with Crippen LogP contribution in [0.2, 0.25) is 0 Å². The smallest absolute Gasteiger partial charge is 0.492 e. The summed E-state index contributed by atoms with van der Waals surface area (Å²) < 4.78 is 11.6. The molecular formula is C26H48B2O6. The molecule has 0 aliphatic rings. The van der Waals surface area contributed by atoms with Crippen LogP contribution in [0.15, 0.2) is 12.1 Å². The van der Waals surface area contributed by atoms with Crippen molar-refractivity contribution in [2.75, 3.05) is 13.2 Å². The molecule has 0 saturated heterocycles. The maximum atomic E-state index is 9.83. The Morgan fingerprint density at radius 2 is 0.794 bits per heavy atom. The summed E-state index contributed by atoms with van der Waals surface area (Å²) in [5.41, 5.74) is 0.352. The monoisotopic (exact) mass is 478 g/mol. The average Bonchev–Trinajstić information content (AvgIpc) is 2.81. The standard InChI is InChI=1S/C26H48B2O6/c1-3-5-7-9-11-13-15-17-19-33-25-21-24(28(31)32)26(22-23(25)27(29)30)34-20-18-16-14-12-10-8-6-4-2/h21-22,29-32H,3-20H2,1-2H3. The van der Waals surface area contributed by atoms with Crippen LogP contribution in [0.3, 0.4) is 0 Å². The lowest BCUT2D eigenvalue weighted by Crippen LogP contribution is -2.38. The molecule has 0 aliphatic heterocycles. The lowest BCUT2D eigenvalue weighted by molar-refractivity contribution is 0.297. The predicted molar refractivity (Wildman–Crippen MR) is 142 cm³/mol. The normalized spacial score (nSPS) is 11.0. The molecule has 0 fully saturated rings. The van der Waals surface area contributed by atoms with E-state index in [2.05, 4.69) is 13.8 Å². The first-order chi connectivity index (χ1) is 16.5. The Morgan fingerprint density at radius 1 is 0.500 bits per heavy atom. The summed E-state index contributed by atoms with van der Waals surface area (Å²) in [6.07, 6.45) is 18.8. The van der Waals surface area contributed by atoms with Crippen molar-refractivity contribution in [3.8, 4) is 11.5 Å². The molecule has 0 spiro atoms. The van der Waals surface area contributed by atoms with E-state index in [0.717, 1.165) is 38.5 Å². The molecule has 34 heavy (non-hydrogen) atoms. The second kappa shape index (κ2) is 20.0. The lowest BCUT2D eigenvalue weighted by atomic mass is 9.73. The summed E-state index contributed by atoms with van der Waals surface area (Å²) in [5.74, 6) is 0.501. The minimum atomic E-state index is -1.73. The molecule has 0 radical (unpaired) electrons. The Morgan fingerprint density at radius 3 is 1.09 bits per heavy atom. The van der Waals surface area contributed by atoms with Crippen molar-refractivity contribution in [2.24, 2.45) is 0 Å². The first-order valence-electron chi connectivity index (χ1n) is 13.7. The first kappa shape index (κ1) is 30.8. The summed E-state index contributed by atoms with van der Waals surface area (Å²) in [7, 11) is -3.46. The third kappa shape index (κ3) is 13.6. The summed E-state index contributed by atoms with van der Waals surface area (Å²) >= 11 is 0. The van der Waals surface area contributed by atoms with E-state index in [-0.39, 0.29) is 22.4 Å². The van der Waals surface area contributed by atoms with Gasteiger partial charge in [-0.25, -0.2) is 0 Å². The minimum Gasteiger partial charge on any atom is -0.494 e. The van der Waals surface area contributed by atoms with Crippen LogP contribution in [-0.4, -0.2) is 47.5 Å². The van der Waals surface area contributed by atoms with E-state index in [1.165, 1.54) is 76.3 Å². The van der Waals surface area contributed by atoms with Crippen LogP contribution in [0.1, 0.15) is 117 Å². The average molecular weight is 478 g/mol. The highest BCUT2D eigenvalue weighted by atomic mass is 16.5. The van der Waals surface area contributed by atoms with Gasteiger partial charge in [0.25, 0.3) is 0 Å². The summed E-state index contributed by atoms with van der Waals surface area (Å²) in [6, 6.07) is 2.90. The van der Waals surface area contributed by atoms with Crippen LogP contribution >= 0.6 is 0 Å². The highest BCUT2D eigenvalue weighted by Crippen LogP contribution is 2.17. The number of hydrogen-bond acceptors (Lipinski definition) is 6. The van der Waals surface area contributed by atoms with Crippen molar-refractivity contribution in [1.82, 2.24) is 0 Å². The molecular weight excluding hydrogens is 430 g/mol. The van der Waals surface area contributed by atoms with Crippen LogP contribution in [0.5, 0.6) is 11.5 Å². The molecule has 1 aromatic rings. The second-order valence-electron chi connectivity index (χ2n) is 9.32. The SMILES string of the molecule is CCCCCCCCCCOc1cc(B(O)O)c(OCCCCCCCCCC)cc1B(O)O. The molecule has 6 nitrogen and oxygen atoms in total. The van der Waals surface area contributed by atoms with Gasteiger partial charge in [0.05, 0.1) is 13.2 Å². The fourth-order valence-corrected chi connectivity index (χ4v) is 4.08. The molecule has 0 heterocycles. The van der Waals surface area contributed by atoms with Crippen LogP contribution in [-0.2, 0) is 0 Å². The molecule has 0 unspecified atom stereocenters. The van der Waals surface area contributed by atoms with Crippen molar-refractivity contribution >= 4 is 25.2 Å². The molecule has 0 atom stereocenters. The van der Waals surface area contributed by atoms with Crippen molar-refractivity contribution in [3.05, 3.63) is 12.1 Å². The van der Waals surface area contributed by atoms with E-state index >= 15 is 0 Å². The van der Waals surface area contributed by atoms with Gasteiger partial charge >= 0.3 is 14.2 Å². The second-order valence-corrected chi connectivity index (χ2v) is 9.32. The number of rotatable bonds is 22. The van der Waals surface area contributed by atoms with E-state index in [9.17, 15) is 20.1 Å². The molecule has 1 aromatic carbocycles. The number of unbranched alkanes of at least 4 members (excludes halogenated alkanes) is 14. The van der Waals surface area contributed by atoms with Crippen LogP contribution in [0.4, 0.5) is 0 Å². The number of ether oxygens (including phenoxy) is 2. The molecule has 4 N–H and O–H groups in total. The number of benzene rings is 1. The third-order valence-corrected chi connectivity index (χ3v) is 6.21. The summed E-state index contributed by atoms with van der Waals surface area (Å²) in [5, 5.41) is 39.3. The van der Waals surface area contributed by atoms with E-state index in [1.54, 1.807) is 0 Å². The Balaban J connectivity index is 2.51. The van der Waals surface area contributed by atoms with Gasteiger partial charge in [-0.15, -0.1) is 0 Å². The Labute approximate surface area is 208 Å². The van der Waals surface area contributed by atoms with Gasteiger partial charge in [0, 0.05) is 10.9 Å². The number of hydrogen-bond donors (Lipinski definition) is 4. The molecule has 0 amide bonds. The molecule has 0 bridgehead atoms. The summed E-state index contributed by atoms with van der Waals surface area (Å²) in [6.45, 7) is 5.31. The predicted octanol–water partition coefficient (Wildman–Crippen LogP) is 4.09. The molecule has 1 rings (SSSR count). The van der Waals surface area contributed by atoms with Gasteiger partial charge in [0.15, 0.2) is 0 Å². The topological polar surface area (TPSA) is 99.4 Å². The fourth-order valence-electron chi connectivity index (χ4n) is 4.08. The summed E-state index contributed by atoms with van der Waals surface area (Å²) in [4.78, 5) is 0. The van der Waals surface area contributed by atoms with Crippen LogP contribution < -0.4 is 20.4 Å². The van der Waals surface area contributed by atoms with Gasteiger partial charge in [-0.2, -0.15) is 0 Å². The van der Waals surface area contributed by atoms with Gasteiger partial charge < -0.3 is 29.6 Å². The molecule has 0 aliphatic carbocycles. The van der Waals surface area contributed by atoms with Gasteiger partial charge in [0.1, 0.15) is 11.5 Å². The molecule has 0 saturated carbocycles. The highest BCUT2D eigenvalue weighted by Gasteiger charge is 2.25. The van der Waals surface area contributed by atoms with Gasteiger partial charge in [-0.05, 0) is 25.0 Å². The van der Waals surface area contributed by atoms with Crippen molar-refractivity contribution in [1.29, 1.82) is 0 Å². The van der Waals surface area contributed by atoms with Gasteiger partial charge in [-0.1, -0.05) is 104 Å². The van der Waals surface area contributed by atoms with Crippen molar-refractivity contribution in [2.45, 2.75) is 117 Å². The Hall–Kier alpha value is -1.21. The highest BCUT2D eigenvalue weighted by molar-refractivity contribution is 6.62. The molecule has 8 heteroatoms. The van der Waals surface area contributed by atoms with E-state index in [0.29, 0.717) is 13.2 Å². The van der Waals surface area contributed by atoms with Gasteiger partial charge in [-0.3, -0.25) is 0 Å². The maximum absolute atomic E-state index is 9.83. The maximum Gasteiger partial charge on any atom is 0.492 e. The Bertz CT molecular complexity index is 574. The minimum absolute atomic E-state index is 0.176. The zero-order valence-electron chi connectivity index (χ0n) is 21.6. The van der Waals surface area contributed by atoms with E-state index < -0.39 is 14.2 Å². The third-order valence-electron chi connectivity index (χ3n) is 6.21. The molecule has 0 aromatic heterocycles. The zero-order chi connectivity index (χ0) is 25.0. The Kier molecular flexibility index (Phi) is 18.2.